The molecular formula is C51H57NO5. The van der Waals surface area contributed by atoms with Gasteiger partial charge in [-0.1, -0.05) is 124 Å². The van der Waals surface area contributed by atoms with Crippen LogP contribution in [0.4, 0.5) is 4.79 Å². The number of carbonyl (C=O) groups excluding carboxylic acids is 2. The van der Waals surface area contributed by atoms with Crippen LogP contribution in [0, 0.1) is 39.4 Å². The Morgan fingerprint density at radius 3 is 2.28 bits per heavy atom. The van der Waals surface area contributed by atoms with Gasteiger partial charge in [0.15, 0.2) is 5.78 Å². The first kappa shape index (κ1) is 37.0. The Labute approximate surface area is 337 Å². The molecule has 4 fully saturated rings. The standard InChI is InChI=1S/C51H57NO5/c1-47-24-21-39(53)30-49(47)27-28-51(42(31-49)45(54)36-13-4-3-5-14-36)43(47)22-25-48(2)44(51)23-26-50(48,56)33-52(32-38-17-10-16-35-12-8-9-18-41(35)38)46(55)57-40-20-19-34-11-6-7-15-37(34)29-40/h6-12,15-20,27-29,31,36,39,43-44,53,56H,3-5,13-14,21-26,30,32-33H2,1-2H3/t39?,43-,44-,47-,48+,49+,50-,51-/m1/s1. The molecule has 6 heteroatoms. The third-order valence-electron chi connectivity index (χ3n) is 16.8. The maximum Gasteiger partial charge on any atom is 0.415 e. The van der Waals surface area contributed by atoms with Crippen molar-refractivity contribution in [3.8, 4) is 5.75 Å². The fourth-order valence-corrected chi connectivity index (χ4v) is 13.7. The Bertz CT molecular complexity index is 2320. The van der Waals surface area contributed by atoms with Crippen molar-refractivity contribution in [3.05, 3.63) is 114 Å². The van der Waals surface area contributed by atoms with E-state index in [-0.39, 0.29) is 41.2 Å². The minimum absolute atomic E-state index is 0.0293. The molecule has 6 nitrogen and oxygen atoms in total. The number of hydrogen-bond donors (Lipinski definition) is 2. The van der Waals surface area contributed by atoms with Crippen molar-refractivity contribution in [3.63, 3.8) is 0 Å². The lowest BCUT2D eigenvalue weighted by atomic mass is 9.32. The van der Waals surface area contributed by atoms with Gasteiger partial charge in [-0.2, -0.15) is 0 Å². The van der Waals surface area contributed by atoms with Crippen LogP contribution in [0.5, 0.6) is 5.75 Å². The van der Waals surface area contributed by atoms with Crippen LogP contribution in [0.1, 0.15) is 96.5 Å². The number of Topliss-reactive ketones (excluding diaryl/α,β-unsaturated/α-hetero) is 1. The van der Waals surface area contributed by atoms with E-state index in [2.05, 4.69) is 56.3 Å². The van der Waals surface area contributed by atoms with Gasteiger partial charge in [0.2, 0.25) is 0 Å². The Morgan fingerprint density at radius 2 is 1.46 bits per heavy atom. The molecule has 4 saturated carbocycles. The van der Waals surface area contributed by atoms with Gasteiger partial charge in [-0.05, 0) is 114 Å². The molecule has 11 rings (SSSR count). The van der Waals surface area contributed by atoms with Crippen molar-refractivity contribution in [1.82, 2.24) is 4.90 Å². The van der Waals surface area contributed by atoms with E-state index in [1.807, 2.05) is 60.7 Å². The van der Waals surface area contributed by atoms with Crippen LogP contribution >= 0.6 is 0 Å². The molecule has 7 aliphatic carbocycles. The number of amides is 1. The fourth-order valence-electron chi connectivity index (χ4n) is 13.7. The average molecular weight is 764 g/mol. The zero-order valence-electron chi connectivity index (χ0n) is 33.6. The lowest BCUT2D eigenvalue weighted by molar-refractivity contribution is -0.178. The number of allylic oxidation sites excluding steroid dienone is 4. The van der Waals surface area contributed by atoms with Crippen molar-refractivity contribution in [2.45, 2.75) is 109 Å². The quantitative estimate of drug-likeness (QED) is 0.183. The molecule has 0 heterocycles. The Kier molecular flexibility index (Phi) is 8.70. The Hall–Kier alpha value is -4.26. The first-order valence-corrected chi connectivity index (χ1v) is 21.8. The van der Waals surface area contributed by atoms with E-state index in [1.165, 1.54) is 6.42 Å². The summed E-state index contributed by atoms with van der Waals surface area (Å²) >= 11 is 0. The van der Waals surface area contributed by atoms with Gasteiger partial charge in [0.05, 0.1) is 18.2 Å². The topological polar surface area (TPSA) is 87.1 Å². The van der Waals surface area contributed by atoms with Crippen molar-refractivity contribution in [2.75, 3.05) is 6.54 Å². The number of benzene rings is 4. The number of aliphatic hydroxyl groups excluding tert-OH is 1. The molecular weight excluding hydrogens is 707 g/mol. The van der Waals surface area contributed by atoms with Crippen LogP contribution in [0.3, 0.4) is 0 Å². The molecule has 1 unspecified atom stereocenters. The summed E-state index contributed by atoms with van der Waals surface area (Å²) in [4.78, 5) is 31.4. The van der Waals surface area contributed by atoms with Crippen molar-refractivity contribution >= 4 is 33.4 Å². The molecule has 0 saturated heterocycles. The lowest BCUT2D eigenvalue weighted by Crippen LogP contribution is -2.67. The van der Waals surface area contributed by atoms with E-state index in [4.69, 9.17) is 4.74 Å². The third kappa shape index (κ3) is 5.49. The van der Waals surface area contributed by atoms with Gasteiger partial charge in [-0.15, -0.1) is 0 Å². The molecule has 57 heavy (non-hydrogen) atoms. The van der Waals surface area contributed by atoms with E-state index in [1.54, 1.807) is 4.90 Å². The summed E-state index contributed by atoms with van der Waals surface area (Å²) < 4.78 is 6.21. The number of nitrogens with zero attached hydrogens (tertiary/aromatic N) is 1. The van der Waals surface area contributed by atoms with Gasteiger partial charge in [0.1, 0.15) is 5.75 Å². The van der Waals surface area contributed by atoms with Crippen LogP contribution in [-0.2, 0) is 11.3 Å². The molecule has 0 aromatic heterocycles. The summed E-state index contributed by atoms with van der Waals surface area (Å²) in [6.07, 6.45) is 17.0. The molecule has 4 aromatic carbocycles. The van der Waals surface area contributed by atoms with Gasteiger partial charge in [0, 0.05) is 34.3 Å². The van der Waals surface area contributed by atoms with Crippen molar-refractivity contribution < 1.29 is 24.5 Å². The molecule has 8 atom stereocenters. The second kappa shape index (κ2) is 13.4. The molecule has 2 N–H and O–H groups in total. The number of hydrogen-bond acceptors (Lipinski definition) is 5. The van der Waals surface area contributed by atoms with Gasteiger partial charge in [0.25, 0.3) is 0 Å². The smallest absolute Gasteiger partial charge is 0.410 e. The van der Waals surface area contributed by atoms with E-state index in [9.17, 15) is 15.0 Å². The minimum Gasteiger partial charge on any atom is -0.410 e. The van der Waals surface area contributed by atoms with Crippen LogP contribution in [0.25, 0.3) is 21.5 Å². The van der Waals surface area contributed by atoms with Gasteiger partial charge in [-0.3, -0.25) is 4.79 Å². The maximum absolute atomic E-state index is 15.0. The van der Waals surface area contributed by atoms with Crippen LogP contribution in [0.2, 0.25) is 0 Å². The SMILES string of the molecule is C[C@]12CC[C@H]3[C@]4(C=C[C@@]5(C=C4C(=O)C4CCCCC4)CC(O)CC[C@]35C)[C@@H]1CC[C@@]2(O)CN(Cc1cccc2ccccc12)C(=O)Oc1ccc2ccccc2c1. The van der Waals surface area contributed by atoms with Gasteiger partial charge < -0.3 is 19.8 Å². The number of fused-ring (bicyclic) bond motifs is 3. The van der Waals surface area contributed by atoms with Crippen LogP contribution < -0.4 is 4.74 Å². The van der Waals surface area contributed by atoms with Crippen LogP contribution in [0.15, 0.2) is 109 Å². The summed E-state index contributed by atoms with van der Waals surface area (Å²) in [5.41, 5.74) is -0.698. The second-order valence-electron chi connectivity index (χ2n) is 19.4. The fraction of sp³-hybridized carbons (Fsp3) is 0.490. The zero-order chi connectivity index (χ0) is 39.2. The monoisotopic (exact) mass is 763 g/mol. The van der Waals surface area contributed by atoms with Gasteiger partial charge in [-0.25, -0.2) is 4.79 Å². The zero-order valence-corrected chi connectivity index (χ0v) is 33.6. The average Bonchev–Trinajstić information content (AvgIpc) is 3.50. The first-order chi connectivity index (χ1) is 27.5. The largest absolute Gasteiger partial charge is 0.415 e. The van der Waals surface area contributed by atoms with Crippen molar-refractivity contribution in [1.29, 1.82) is 0 Å². The highest BCUT2D eigenvalue weighted by atomic mass is 16.6. The number of carbonyl (C=O) groups is 2. The second-order valence-corrected chi connectivity index (χ2v) is 19.4. The van der Waals surface area contributed by atoms with E-state index >= 15 is 4.79 Å². The number of aliphatic hydroxyl groups is 2. The molecule has 0 radical (unpaired) electrons. The minimum atomic E-state index is -1.22. The summed E-state index contributed by atoms with van der Waals surface area (Å²) in [6.45, 7) is 5.13. The highest BCUT2D eigenvalue weighted by molar-refractivity contribution is 6.00. The van der Waals surface area contributed by atoms with E-state index < -0.39 is 22.5 Å². The third-order valence-corrected chi connectivity index (χ3v) is 16.8. The van der Waals surface area contributed by atoms with Crippen molar-refractivity contribution in [2.24, 2.45) is 39.4 Å². The summed E-state index contributed by atoms with van der Waals surface area (Å²) in [7, 11) is 0. The molecule has 296 valence electrons. The highest BCUT2D eigenvalue weighted by Gasteiger charge is 2.74. The van der Waals surface area contributed by atoms with Crippen LogP contribution in [-0.4, -0.2) is 45.2 Å². The predicted octanol–water partition coefficient (Wildman–Crippen LogP) is 10.7. The number of rotatable bonds is 7. The number of ether oxygens (including phenoxy) is 1. The van der Waals surface area contributed by atoms with E-state index in [0.29, 0.717) is 30.9 Å². The predicted molar refractivity (Wildman–Crippen MR) is 224 cm³/mol. The van der Waals surface area contributed by atoms with E-state index in [0.717, 1.165) is 90.5 Å². The molecule has 2 spiro atoms. The normalized spacial score (nSPS) is 35.6. The molecule has 7 aliphatic rings. The summed E-state index contributed by atoms with van der Waals surface area (Å²) in [5.74, 6) is 1.12. The summed E-state index contributed by atoms with van der Waals surface area (Å²) in [6, 6.07) is 28.2. The maximum atomic E-state index is 15.0. The highest BCUT2D eigenvalue weighted by Crippen LogP contribution is 2.78. The molecule has 4 aromatic rings. The molecule has 1 amide bonds. The summed E-state index contributed by atoms with van der Waals surface area (Å²) in [5, 5.41) is 28.7. The molecule has 0 aliphatic heterocycles. The lowest BCUT2D eigenvalue weighted by Gasteiger charge is -2.71. The van der Waals surface area contributed by atoms with Gasteiger partial charge >= 0.3 is 6.09 Å². The first-order valence-electron chi connectivity index (χ1n) is 21.8. The molecule has 2 bridgehead atoms. The Morgan fingerprint density at radius 1 is 0.754 bits per heavy atom. The Balaban J connectivity index is 1.03. The number of ketones is 1.